The zero-order valence-corrected chi connectivity index (χ0v) is 20.4. The number of nitrogens with zero attached hydrogens (tertiary/aromatic N) is 2. The van der Waals surface area contributed by atoms with E-state index in [9.17, 15) is 9.59 Å². The van der Waals surface area contributed by atoms with Crippen molar-refractivity contribution in [3.63, 3.8) is 0 Å². The summed E-state index contributed by atoms with van der Waals surface area (Å²) in [5.74, 6) is 0.538. The van der Waals surface area contributed by atoms with Gasteiger partial charge >= 0.3 is 6.09 Å². The van der Waals surface area contributed by atoms with E-state index in [4.69, 9.17) is 21.1 Å². The SMILES string of the molecule is CC(=O)N(C)c1ccc(OCc2c(Br)c3cccc(Cl)c3n2C(=O)OC(C)(C)C)cc1. The van der Waals surface area contributed by atoms with Crippen LogP contribution in [0.15, 0.2) is 46.9 Å². The van der Waals surface area contributed by atoms with Crippen molar-refractivity contribution in [3.8, 4) is 5.75 Å². The Morgan fingerprint density at radius 1 is 1.13 bits per heavy atom. The van der Waals surface area contributed by atoms with E-state index in [-0.39, 0.29) is 12.5 Å². The summed E-state index contributed by atoms with van der Waals surface area (Å²) in [5, 5.41) is 1.22. The van der Waals surface area contributed by atoms with Crippen LogP contribution in [0.3, 0.4) is 0 Å². The highest BCUT2D eigenvalue weighted by Gasteiger charge is 2.26. The molecule has 0 saturated carbocycles. The minimum Gasteiger partial charge on any atom is -0.487 e. The Hall–Kier alpha value is -2.51. The summed E-state index contributed by atoms with van der Waals surface area (Å²) in [6.45, 7) is 7.03. The van der Waals surface area contributed by atoms with Gasteiger partial charge in [-0.2, -0.15) is 0 Å². The molecule has 0 spiro atoms. The third-order valence-corrected chi connectivity index (χ3v) is 5.81. The zero-order chi connectivity index (χ0) is 22.9. The normalized spacial score (nSPS) is 11.5. The summed E-state index contributed by atoms with van der Waals surface area (Å²) in [5.41, 5.74) is 1.23. The first-order valence-corrected chi connectivity index (χ1v) is 10.8. The summed E-state index contributed by atoms with van der Waals surface area (Å²) in [6.07, 6.45) is -0.534. The number of halogens is 2. The second-order valence-electron chi connectivity index (χ2n) is 8.07. The average molecular weight is 508 g/mol. The number of amides is 1. The first-order chi connectivity index (χ1) is 14.5. The minimum atomic E-state index is -0.669. The number of carbonyl (C=O) groups is 2. The number of hydrogen-bond acceptors (Lipinski definition) is 4. The summed E-state index contributed by atoms with van der Waals surface area (Å²) < 4.78 is 13.7. The van der Waals surface area contributed by atoms with Crippen LogP contribution in [-0.4, -0.2) is 29.2 Å². The molecule has 164 valence electrons. The van der Waals surface area contributed by atoms with E-state index < -0.39 is 11.7 Å². The Labute approximate surface area is 194 Å². The van der Waals surface area contributed by atoms with Crippen LogP contribution < -0.4 is 9.64 Å². The van der Waals surface area contributed by atoms with E-state index in [1.54, 1.807) is 42.3 Å². The lowest BCUT2D eigenvalue weighted by Gasteiger charge is -2.21. The molecular weight excluding hydrogens is 484 g/mol. The molecule has 1 heterocycles. The first-order valence-electron chi connectivity index (χ1n) is 9.67. The molecule has 8 heteroatoms. The fourth-order valence-electron chi connectivity index (χ4n) is 3.04. The van der Waals surface area contributed by atoms with Gasteiger partial charge in [-0.3, -0.25) is 4.79 Å². The van der Waals surface area contributed by atoms with E-state index in [1.807, 2.05) is 32.9 Å². The van der Waals surface area contributed by atoms with Gasteiger partial charge in [-0.15, -0.1) is 0 Å². The van der Waals surface area contributed by atoms with Gasteiger partial charge in [-0.05, 0) is 67.0 Å². The Kier molecular flexibility index (Phi) is 6.67. The van der Waals surface area contributed by atoms with Gasteiger partial charge < -0.3 is 14.4 Å². The van der Waals surface area contributed by atoms with Crippen molar-refractivity contribution in [2.45, 2.75) is 39.9 Å². The fourth-order valence-corrected chi connectivity index (χ4v) is 3.92. The number of carbonyl (C=O) groups excluding carboxylic acids is 2. The van der Waals surface area contributed by atoms with Crippen molar-refractivity contribution in [2.24, 2.45) is 0 Å². The van der Waals surface area contributed by atoms with Crippen LogP contribution in [0.5, 0.6) is 5.75 Å². The van der Waals surface area contributed by atoms with Crippen LogP contribution in [0, 0.1) is 0 Å². The van der Waals surface area contributed by atoms with E-state index >= 15 is 0 Å². The van der Waals surface area contributed by atoms with Gasteiger partial charge in [0.25, 0.3) is 0 Å². The molecule has 0 atom stereocenters. The van der Waals surface area contributed by atoms with Gasteiger partial charge in [-0.1, -0.05) is 23.7 Å². The van der Waals surface area contributed by atoms with Crippen molar-refractivity contribution in [1.29, 1.82) is 0 Å². The number of ether oxygens (including phenoxy) is 2. The largest absolute Gasteiger partial charge is 0.487 e. The predicted octanol–water partition coefficient (Wildman–Crippen LogP) is 6.40. The van der Waals surface area contributed by atoms with Crippen LogP contribution in [-0.2, 0) is 16.1 Å². The molecule has 3 aromatic rings. The Bertz CT molecular complexity index is 1130. The molecule has 0 aliphatic rings. The Morgan fingerprint density at radius 3 is 2.35 bits per heavy atom. The maximum Gasteiger partial charge on any atom is 0.419 e. The highest BCUT2D eigenvalue weighted by atomic mass is 79.9. The van der Waals surface area contributed by atoms with Gasteiger partial charge in [0.05, 0.1) is 20.7 Å². The first kappa shape index (κ1) is 23.2. The molecule has 1 aromatic heterocycles. The number of anilines is 1. The van der Waals surface area contributed by atoms with Gasteiger partial charge in [0.1, 0.15) is 18.0 Å². The third kappa shape index (κ3) is 5.05. The number of hydrogen-bond donors (Lipinski definition) is 0. The van der Waals surface area contributed by atoms with Crippen molar-refractivity contribution >= 4 is 56.1 Å². The molecule has 0 unspecified atom stereocenters. The van der Waals surface area contributed by atoms with Crippen LogP contribution in [0.4, 0.5) is 10.5 Å². The van der Waals surface area contributed by atoms with Crippen LogP contribution >= 0.6 is 27.5 Å². The molecule has 0 saturated heterocycles. The highest BCUT2D eigenvalue weighted by molar-refractivity contribution is 9.10. The van der Waals surface area contributed by atoms with Gasteiger partial charge in [0, 0.05) is 25.0 Å². The average Bonchev–Trinajstić information content (AvgIpc) is 2.98. The minimum absolute atomic E-state index is 0.0589. The summed E-state index contributed by atoms with van der Waals surface area (Å²) in [7, 11) is 1.71. The quantitative estimate of drug-likeness (QED) is 0.410. The molecule has 0 fully saturated rings. The predicted molar refractivity (Wildman–Crippen MR) is 126 cm³/mol. The second-order valence-corrected chi connectivity index (χ2v) is 9.27. The molecule has 0 aliphatic carbocycles. The topological polar surface area (TPSA) is 60.8 Å². The van der Waals surface area contributed by atoms with E-state index in [2.05, 4.69) is 15.9 Å². The Balaban J connectivity index is 1.95. The summed E-state index contributed by atoms with van der Waals surface area (Å²) in [4.78, 5) is 26.1. The molecule has 0 aliphatic heterocycles. The molecule has 0 bridgehead atoms. The standard InChI is InChI=1S/C23H24BrClN2O4/c1-14(28)26(5)15-9-11-16(12-10-15)30-13-19-20(24)17-7-6-8-18(25)21(17)27(19)22(29)31-23(2,3)4/h6-12H,13H2,1-5H3. The maximum absolute atomic E-state index is 13.0. The number of rotatable bonds is 4. The lowest BCUT2D eigenvalue weighted by molar-refractivity contribution is -0.116. The van der Waals surface area contributed by atoms with Crippen molar-refractivity contribution < 1.29 is 19.1 Å². The molecule has 0 radical (unpaired) electrons. The van der Waals surface area contributed by atoms with Crippen LogP contribution in [0.2, 0.25) is 5.02 Å². The molecule has 1 amide bonds. The van der Waals surface area contributed by atoms with Crippen LogP contribution in [0.1, 0.15) is 33.4 Å². The number of fused-ring (bicyclic) bond motifs is 1. The molecular formula is C23H24BrClN2O4. The number of para-hydroxylation sites is 1. The highest BCUT2D eigenvalue weighted by Crippen LogP contribution is 2.36. The monoisotopic (exact) mass is 506 g/mol. The molecule has 6 nitrogen and oxygen atoms in total. The smallest absolute Gasteiger partial charge is 0.419 e. The maximum atomic E-state index is 13.0. The lowest BCUT2D eigenvalue weighted by atomic mass is 10.2. The molecule has 2 aromatic carbocycles. The third-order valence-electron chi connectivity index (χ3n) is 4.62. The van der Waals surface area contributed by atoms with Crippen LogP contribution in [0.25, 0.3) is 10.9 Å². The van der Waals surface area contributed by atoms with Crippen molar-refractivity contribution in [3.05, 3.63) is 57.7 Å². The fraction of sp³-hybridized carbons (Fsp3) is 0.304. The summed E-state index contributed by atoms with van der Waals surface area (Å²) >= 11 is 10.0. The van der Waals surface area contributed by atoms with Crippen molar-refractivity contribution in [2.75, 3.05) is 11.9 Å². The molecule has 0 N–H and O–H groups in total. The number of benzene rings is 2. The number of aromatic nitrogens is 1. The molecule has 31 heavy (non-hydrogen) atoms. The zero-order valence-electron chi connectivity index (χ0n) is 18.0. The van der Waals surface area contributed by atoms with Gasteiger partial charge in [-0.25, -0.2) is 9.36 Å². The second kappa shape index (κ2) is 8.93. The van der Waals surface area contributed by atoms with E-state index in [0.29, 0.717) is 26.5 Å². The van der Waals surface area contributed by atoms with Gasteiger partial charge in [0.15, 0.2) is 0 Å². The lowest BCUT2D eigenvalue weighted by Crippen LogP contribution is -2.28. The summed E-state index contributed by atoms with van der Waals surface area (Å²) in [6, 6.07) is 12.6. The van der Waals surface area contributed by atoms with Gasteiger partial charge in [0.2, 0.25) is 5.91 Å². The van der Waals surface area contributed by atoms with E-state index in [0.717, 1.165) is 11.1 Å². The van der Waals surface area contributed by atoms with Crippen molar-refractivity contribution in [1.82, 2.24) is 4.57 Å². The van der Waals surface area contributed by atoms with E-state index in [1.165, 1.54) is 11.5 Å². The Morgan fingerprint density at radius 2 is 1.77 bits per heavy atom. The molecule has 3 rings (SSSR count).